The molecule has 0 N–H and O–H groups in total. The average molecular weight is 414 g/mol. The summed E-state index contributed by atoms with van der Waals surface area (Å²) >= 11 is 0. The van der Waals surface area contributed by atoms with Crippen LogP contribution in [0.5, 0.6) is 0 Å². The van der Waals surface area contributed by atoms with Crippen molar-refractivity contribution in [1.29, 1.82) is 0 Å². The maximum atomic E-state index is 12.7. The number of aromatic nitrogens is 2. The van der Waals surface area contributed by atoms with E-state index < -0.39 is 9.84 Å². The van der Waals surface area contributed by atoms with Crippen LogP contribution in [0.25, 0.3) is 0 Å². The number of hydrogen-bond donors (Lipinski definition) is 0. The van der Waals surface area contributed by atoms with Crippen LogP contribution in [0.1, 0.15) is 51.1 Å². The Hall–Kier alpha value is -0.960. The van der Waals surface area contributed by atoms with Crippen LogP contribution in [-0.2, 0) is 32.4 Å². The van der Waals surface area contributed by atoms with E-state index in [1.165, 1.54) is 0 Å². The highest BCUT2D eigenvalue weighted by atomic mass is 32.2. The van der Waals surface area contributed by atoms with Gasteiger partial charge in [0, 0.05) is 26.4 Å². The van der Waals surface area contributed by atoms with Gasteiger partial charge in [-0.05, 0) is 58.0 Å². The van der Waals surface area contributed by atoms with E-state index >= 15 is 0 Å². The zero-order valence-electron chi connectivity index (χ0n) is 17.3. The summed E-state index contributed by atoms with van der Waals surface area (Å²) in [4.78, 5) is 6.60. The zero-order chi connectivity index (χ0) is 20.0. The van der Waals surface area contributed by atoms with Gasteiger partial charge in [0.25, 0.3) is 0 Å². The number of nitrogens with zero attached hydrogens (tertiary/aromatic N) is 3. The van der Waals surface area contributed by atoms with E-state index in [1.54, 1.807) is 6.20 Å². The molecular weight excluding hydrogens is 378 g/mol. The minimum Gasteiger partial charge on any atom is -0.381 e. The van der Waals surface area contributed by atoms with E-state index in [-0.39, 0.29) is 17.0 Å². The summed E-state index contributed by atoms with van der Waals surface area (Å²) in [5.74, 6) is 0.864. The first-order chi connectivity index (χ1) is 13.5. The van der Waals surface area contributed by atoms with E-state index in [9.17, 15) is 8.42 Å². The van der Waals surface area contributed by atoms with Crippen LogP contribution in [0.3, 0.4) is 0 Å². The lowest BCUT2D eigenvalue weighted by atomic mass is 9.96. The molecule has 0 spiro atoms. The SMILES string of the molecule is CCCS(=O)(=O)c1ncc(CN(C)CCC2CCOCC2)n1CC1CCCO1. The molecule has 3 rings (SSSR count). The zero-order valence-corrected chi connectivity index (χ0v) is 18.1. The molecule has 0 radical (unpaired) electrons. The van der Waals surface area contributed by atoms with E-state index in [4.69, 9.17) is 9.47 Å². The predicted molar refractivity (Wildman–Crippen MR) is 108 cm³/mol. The third-order valence-electron chi connectivity index (χ3n) is 5.75. The lowest BCUT2D eigenvalue weighted by Gasteiger charge is -2.25. The Labute approximate surface area is 169 Å². The minimum atomic E-state index is -3.36. The van der Waals surface area contributed by atoms with E-state index in [0.717, 1.165) is 70.1 Å². The van der Waals surface area contributed by atoms with Crippen molar-refractivity contribution in [1.82, 2.24) is 14.5 Å². The van der Waals surface area contributed by atoms with Crippen molar-refractivity contribution in [2.24, 2.45) is 5.92 Å². The lowest BCUT2D eigenvalue weighted by Crippen LogP contribution is -2.27. The average Bonchev–Trinajstić information content (AvgIpc) is 3.32. The quantitative estimate of drug-likeness (QED) is 0.587. The standard InChI is InChI=1S/C20H35N3O4S/c1-3-13-28(24,25)20-21-14-18(23(20)16-19-5-4-10-27-19)15-22(2)9-6-17-7-11-26-12-8-17/h14,17,19H,3-13,15-16H2,1-2H3. The summed E-state index contributed by atoms with van der Waals surface area (Å²) in [6.45, 7) is 6.66. The molecule has 3 heterocycles. The second kappa shape index (κ2) is 10.2. The van der Waals surface area contributed by atoms with Gasteiger partial charge in [0.05, 0.1) is 30.3 Å². The van der Waals surface area contributed by atoms with Crippen molar-refractivity contribution in [3.05, 3.63) is 11.9 Å². The first kappa shape index (κ1) is 21.7. The third kappa shape index (κ3) is 5.78. The summed E-state index contributed by atoms with van der Waals surface area (Å²) in [7, 11) is -1.26. The summed E-state index contributed by atoms with van der Waals surface area (Å²) in [5, 5.41) is 0.206. The van der Waals surface area contributed by atoms with Crippen LogP contribution < -0.4 is 0 Å². The Balaban J connectivity index is 1.68. The number of sulfone groups is 1. The maximum Gasteiger partial charge on any atom is 0.227 e. The molecule has 0 aromatic carbocycles. The Morgan fingerprint density at radius 1 is 1.25 bits per heavy atom. The van der Waals surface area contributed by atoms with Crippen molar-refractivity contribution >= 4 is 9.84 Å². The molecule has 1 atom stereocenters. The van der Waals surface area contributed by atoms with Gasteiger partial charge in [-0.2, -0.15) is 0 Å². The molecule has 0 bridgehead atoms. The van der Waals surface area contributed by atoms with Gasteiger partial charge >= 0.3 is 0 Å². The molecule has 0 amide bonds. The van der Waals surface area contributed by atoms with Crippen molar-refractivity contribution in [2.45, 2.75) is 69.8 Å². The fourth-order valence-electron chi connectivity index (χ4n) is 4.11. The normalized spacial score (nSPS) is 21.6. The molecule has 8 heteroatoms. The molecule has 1 aromatic heterocycles. The van der Waals surface area contributed by atoms with Crippen molar-refractivity contribution < 1.29 is 17.9 Å². The molecule has 160 valence electrons. The van der Waals surface area contributed by atoms with E-state index in [1.807, 2.05) is 11.5 Å². The summed E-state index contributed by atoms with van der Waals surface area (Å²) in [6, 6.07) is 0. The summed E-state index contributed by atoms with van der Waals surface area (Å²) in [6.07, 6.45) is 7.87. The highest BCUT2D eigenvalue weighted by Crippen LogP contribution is 2.22. The smallest absolute Gasteiger partial charge is 0.227 e. The van der Waals surface area contributed by atoms with E-state index in [2.05, 4.69) is 16.9 Å². The minimum absolute atomic E-state index is 0.0797. The molecule has 28 heavy (non-hydrogen) atoms. The highest BCUT2D eigenvalue weighted by molar-refractivity contribution is 7.91. The molecule has 0 aliphatic carbocycles. The van der Waals surface area contributed by atoms with Gasteiger partial charge in [0.1, 0.15) is 0 Å². The largest absolute Gasteiger partial charge is 0.381 e. The van der Waals surface area contributed by atoms with Gasteiger partial charge < -0.3 is 18.9 Å². The topological polar surface area (TPSA) is 73.7 Å². The lowest BCUT2D eigenvalue weighted by molar-refractivity contribution is 0.0606. The Morgan fingerprint density at radius 3 is 2.71 bits per heavy atom. The fraction of sp³-hybridized carbons (Fsp3) is 0.850. The number of ether oxygens (including phenoxy) is 2. The Morgan fingerprint density at radius 2 is 2.04 bits per heavy atom. The molecular formula is C20H35N3O4S. The van der Waals surface area contributed by atoms with Gasteiger partial charge in [0.2, 0.25) is 15.0 Å². The molecule has 1 unspecified atom stereocenters. The van der Waals surface area contributed by atoms with Crippen LogP contribution in [0.15, 0.2) is 11.4 Å². The van der Waals surface area contributed by atoms with Crippen LogP contribution in [0.4, 0.5) is 0 Å². The first-order valence-electron chi connectivity index (χ1n) is 10.6. The first-order valence-corrected chi connectivity index (χ1v) is 12.3. The monoisotopic (exact) mass is 413 g/mol. The Bertz CT molecular complexity index is 707. The van der Waals surface area contributed by atoms with Gasteiger partial charge in [-0.15, -0.1) is 0 Å². The predicted octanol–water partition coefficient (Wildman–Crippen LogP) is 2.49. The van der Waals surface area contributed by atoms with Crippen LogP contribution in [0, 0.1) is 5.92 Å². The highest BCUT2D eigenvalue weighted by Gasteiger charge is 2.26. The van der Waals surface area contributed by atoms with Crippen molar-refractivity contribution in [2.75, 3.05) is 39.2 Å². The molecule has 2 aliphatic rings. The third-order valence-corrected chi connectivity index (χ3v) is 7.58. The maximum absolute atomic E-state index is 12.7. The molecule has 2 aliphatic heterocycles. The molecule has 2 fully saturated rings. The summed E-state index contributed by atoms with van der Waals surface area (Å²) < 4.78 is 38.5. The van der Waals surface area contributed by atoms with Gasteiger partial charge in [-0.3, -0.25) is 0 Å². The molecule has 7 nitrogen and oxygen atoms in total. The molecule has 0 saturated carbocycles. The number of imidazole rings is 1. The summed E-state index contributed by atoms with van der Waals surface area (Å²) in [5.41, 5.74) is 0.958. The fourth-order valence-corrected chi connectivity index (χ4v) is 5.57. The second-order valence-electron chi connectivity index (χ2n) is 8.18. The second-order valence-corrected chi connectivity index (χ2v) is 10.2. The van der Waals surface area contributed by atoms with Crippen LogP contribution in [-0.4, -0.2) is 68.1 Å². The number of hydrogen-bond acceptors (Lipinski definition) is 6. The van der Waals surface area contributed by atoms with Gasteiger partial charge in [-0.25, -0.2) is 13.4 Å². The van der Waals surface area contributed by atoms with Crippen molar-refractivity contribution in [3.8, 4) is 0 Å². The van der Waals surface area contributed by atoms with Crippen LogP contribution in [0.2, 0.25) is 0 Å². The van der Waals surface area contributed by atoms with Crippen LogP contribution >= 0.6 is 0 Å². The van der Waals surface area contributed by atoms with E-state index in [0.29, 0.717) is 19.5 Å². The molecule has 2 saturated heterocycles. The van der Waals surface area contributed by atoms with Gasteiger partial charge in [-0.1, -0.05) is 6.92 Å². The van der Waals surface area contributed by atoms with Crippen molar-refractivity contribution in [3.63, 3.8) is 0 Å². The van der Waals surface area contributed by atoms with Gasteiger partial charge in [0.15, 0.2) is 0 Å². The Kier molecular flexibility index (Phi) is 7.91. The molecule has 1 aromatic rings. The number of rotatable bonds is 10.